The van der Waals surface area contributed by atoms with Crippen molar-refractivity contribution in [2.45, 2.75) is 45.9 Å². The Morgan fingerprint density at radius 3 is 2.25 bits per heavy atom. The van der Waals surface area contributed by atoms with Crippen LogP contribution in [0.3, 0.4) is 0 Å². The highest BCUT2D eigenvalue weighted by Crippen LogP contribution is 2.35. The lowest BCUT2D eigenvalue weighted by Crippen LogP contribution is -2.22. The van der Waals surface area contributed by atoms with E-state index in [9.17, 15) is 0 Å². The molecular weight excluding hydrogens is 386 g/mol. The van der Waals surface area contributed by atoms with Gasteiger partial charge in [0.25, 0.3) is 0 Å². The number of hydrogen-bond donors (Lipinski definition) is 1. The molecule has 0 aliphatic carbocycles. The molecule has 0 spiro atoms. The van der Waals surface area contributed by atoms with Crippen LogP contribution in [0, 0.1) is 0 Å². The Labute approximate surface area is 138 Å². The second kappa shape index (κ2) is 9.03. The highest BCUT2D eigenvalue weighted by Gasteiger charge is 2.12. The van der Waals surface area contributed by atoms with Crippen molar-refractivity contribution in [3.63, 3.8) is 0 Å². The highest BCUT2D eigenvalue weighted by molar-refractivity contribution is 9.11. The molecule has 0 aliphatic heterocycles. The molecule has 0 bridgehead atoms. The van der Waals surface area contributed by atoms with Gasteiger partial charge in [-0.05, 0) is 56.5 Å². The predicted molar refractivity (Wildman–Crippen MR) is 90.4 cm³/mol. The van der Waals surface area contributed by atoms with Crippen LogP contribution in [0.2, 0.25) is 0 Å². The summed E-state index contributed by atoms with van der Waals surface area (Å²) in [7, 11) is 1.70. The van der Waals surface area contributed by atoms with E-state index in [4.69, 9.17) is 9.47 Å². The fourth-order valence-electron chi connectivity index (χ4n) is 1.69. The maximum absolute atomic E-state index is 5.96. The van der Waals surface area contributed by atoms with E-state index < -0.39 is 0 Å². The normalized spacial score (nSPS) is 12.8. The number of ether oxygens (including phenoxy) is 2. The van der Waals surface area contributed by atoms with E-state index in [0.29, 0.717) is 12.6 Å². The zero-order valence-electron chi connectivity index (χ0n) is 12.5. The molecule has 0 fully saturated rings. The van der Waals surface area contributed by atoms with E-state index in [-0.39, 0.29) is 6.10 Å². The van der Waals surface area contributed by atoms with Gasteiger partial charge in [-0.15, -0.1) is 0 Å². The fourth-order valence-corrected chi connectivity index (χ4v) is 3.16. The number of rotatable bonds is 8. The second-order valence-electron chi connectivity index (χ2n) is 5.13. The molecule has 0 radical (unpaired) electrons. The van der Waals surface area contributed by atoms with Crippen LogP contribution in [-0.2, 0) is 11.3 Å². The van der Waals surface area contributed by atoms with Gasteiger partial charge in [-0.25, -0.2) is 0 Å². The lowest BCUT2D eigenvalue weighted by Gasteiger charge is -2.18. The molecule has 1 aromatic carbocycles. The first-order valence-corrected chi connectivity index (χ1v) is 8.39. The van der Waals surface area contributed by atoms with Crippen LogP contribution in [0.1, 0.15) is 32.8 Å². The van der Waals surface area contributed by atoms with Crippen molar-refractivity contribution in [2.24, 2.45) is 0 Å². The Bertz CT molecular complexity index is 401. The summed E-state index contributed by atoms with van der Waals surface area (Å²) in [5.41, 5.74) is 1.22. The molecule has 114 valence electrons. The van der Waals surface area contributed by atoms with Gasteiger partial charge in [-0.2, -0.15) is 0 Å². The van der Waals surface area contributed by atoms with Gasteiger partial charge >= 0.3 is 0 Å². The van der Waals surface area contributed by atoms with Gasteiger partial charge in [0.05, 0.1) is 15.0 Å². The van der Waals surface area contributed by atoms with Crippen LogP contribution in [0.5, 0.6) is 5.75 Å². The quantitative estimate of drug-likeness (QED) is 0.686. The smallest absolute Gasteiger partial charge is 0.148 e. The van der Waals surface area contributed by atoms with E-state index >= 15 is 0 Å². The van der Waals surface area contributed by atoms with E-state index in [2.05, 4.69) is 63.2 Å². The molecule has 3 nitrogen and oxygen atoms in total. The molecule has 0 aromatic heterocycles. The van der Waals surface area contributed by atoms with Crippen molar-refractivity contribution in [1.82, 2.24) is 5.32 Å². The summed E-state index contributed by atoms with van der Waals surface area (Å²) in [5.74, 6) is 0.849. The maximum atomic E-state index is 5.96. The summed E-state index contributed by atoms with van der Waals surface area (Å²) < 4.78 is 13.0. The minimum absolute atomic E-state index is 0.113. The van der Waals surface area contributed by atoms with Crippen molar-refractivity contribution >= 4 is 31.9 Å². The summed E-state index contributed by atoms with van der Waals surface area (Å²) in [6.07, 6.45) is 0.980. The molecule has 1 rings (SSSR count). The predicted octanol–water partition coefficient (Wildman–Crippen LogP) is 4.51. The van der Waals surface area contributed by atoms with Crippen LogP contribution in [0.25, 0.3) is 0 Å². The molecule has 20 heavy (non-hydrogen) atoms. The Morgan fingerprint density at radius 2 is 1.75 bits per heavy atom. The van der Waals surface area contributed by atoms with E-state index in [1.807, 2.05) is 6.92 Å². The Balaban J connectivity index is 2.73. The summed E-state index contributed by atoms with van der Waals surface area (Å²) in [6, 6.07) is 4.66. The van der Waals surface area contributed by atoms with Crippen molar-refractivity contribution < 1.29 is 9.47 Å². The third-order valence-electron chi connectivity index (χ3n) is 2.82. The minimum Gasteiger partial charge on any atom is -0.488 e. The summed E-state index contributed by atoms with van der Waals surface area (Å²) >= 11 is 7.18. The molecule has 0 saturated heterocycles. The average molecular weight is 409 g/mol. The topological polar surface area (TPSA) is 30.5 Å². The SMILES string of the molecule is COCCC(C)Oc1c(Br)cc(CNC(C)C)cc1Br. The van der Waals surface area contributed by atoms with Gasteiger partial charge in [-0.3, -0.25) is 0 Å². The van der Waals surface area contributed by atoms with E-state index in [1.54, 1.807) is 7.11 Å². The lowest BCUT2D eigenvalue weighted by molar-refractivity contribution is 0.134. The first-order valence-electron chi connectivity index (χ1n) is 6.81. The Kier molecular flexibility index (Phi) is 8.10. The number of halogens is 2. The molecular formula is C15H23Br2NO2. The second-order valence-corrected chi connectivity index (χ2v) is 6.84. The zero-order chi connectivity index (χ0) is 15.1. The molecule has 0 heterocycles. The van der Waals surface area contributed by atoms with Gasteiger partial charge in [-0.1, -0.05) is 13.8 Å². The van der Waals surface area contributed by atoms with Gasteiger partial charge < -0.3 is 14.8 Å². The standard InChI is InChI=1S/C15H23Br2NO2/c1-10(2)18-9-12-7-13(16)15(14(17)8-12)20-11(3)5-6-19-4/h7-8,10-11,18H,5-6,9H2,1-4H3. The van der Waals surface area contributed by atoms with Gasteiger partial charge in [0.1, 0.15) is 5.75 Å². The molecule has 1 N–H and O–H groups in total. The van der Waals surface area contributed by atoms with Crippen molar-refractivity contribution in [3.8, 4) is 5.75 Å². The number of nitrogens with one attached hydrogen (secondary N) is 1. The minimum atomic E-state index is 0.113. The summed E-state index contributed by atoms with van der Waals surface area (Å²) in [5, 5.41) is 3.41. The van der Waals surface area contributed by atoms with Crippen LogP contribution in [0.15, 0.2) is 21.1 Å². The highest BCUT2D eigenvalue weighted by atomic mass is 79.9. The van der Waals surface area contributed by atoms with Gasteiger partial charge in [0.15, 0.2) is 0 Å². The Hall–Kier alpha value is -0.100. The van der Waals surface area contributed by atoms with Crippen molar-refractivity contribution in [2.75, 3.05) is 13.7 Å². The van der Waals surface area contributed by atoms with E-state index in [1.165, 1.54) is 5.56 Å². The van der Waals surface area contributed by atoms with Crippen LogP contribution < -0.4 is 10.1 Å². The number of benzene rings is 1. The van der Waals surface area contributed by atoms with Crippen LogP contribution >= 0.6 is 31.9 Å². The number of methoxy groups -OCH3 is 1. The zero-order valence-corrected chi connectivity index (χ0v) is 15.7. The molecule has 1 unspecified atom stereocenters. The average Bonchev–Trinajstić information content (AvgIpc) is 2.38. The monoisotopic (exact) mass is 407 g/mol. The molecule has 1 atom stereocenters. The van der Waals surface area contributed by atoms with E-state index in [0.717, 1.165) is 27.7 Å². The van der Waals surface area contributed by atoms with Crippen LogP contribution in [-0.4, -0.2) is 25.9 Å². The third kappa shape index (κ3) is 6.12. The molecule has 0 aliphatic rings. The van der Waals surface area contributed by atoms with Crippen LogP contribution in [0.4, 0.5) is 0 Å². The molecule has 0 saturated carbocycles. The number of hydrogen-bond acceptors (Lipinski definition) is 3. The maximum Gasteiger partial charge on any atom is 0.148 e. The fraction of sp³-hybridized carbons (Fsp3) is 0.600. The molecule has 1 aromatic rings. The Morgan fingerprint density at radius 1 is 1.15 bits per heavy atom. The first-order chi connectivity index (χ1) is 9.43. The summed E-state index contributed by atoms with van der Waals surface area (Å²) in [6.45, 7) is 7.87. The third-order valence-corrected chi connectivity index (χ3v) is 4.00. The van der Waals surface area contributed by atoms with Crippen molar-refractivity contribution in [3.05, 3.63) is 26.6 Å². The first kappa shape index (κ1) is 18.0. The molecule has 0 amide bonds. The summed E-state index contributed by atoms with van der Waals surface area (Å²) in [4.78, 5) is 0. The van der Waals surface area contributed by atoms with Crippen molar-refractivity contribution in [1.29, 1.82) is 0 Å². The molecule has 5 heteroatoms. The van der Waals surface area contributed by atoms with Gasteiger partial charge in [0, 0.05) is 32.7 Å². The lowest BCUT2D eigenvalue weighted by atomic mass is 10.2. The largest absolute Gasteiger partial charge is 0.488 e. The van der Waals surface area contributed by atoms with Gasteiger partial charge in [0.2, 0.25) is 0 Å².